The van der Waals surface area contributed by atoms with Crippen molar-refractivity contribution in [3.05, 3.63) is 66.1 Å². The number of ether oxygens (including phenoxy) is 1. The van der Waals surface area contributed by atoms with Crippen LogP contribution < -0.4 is 5.32 Å². The van der Waals surface area contributed by atoms with E-state index in [4.69, 9.17) is 9.15 Å². The lowest BCUT2D eigenvalue weighted by atomic mass is 10.2. The monoisotopic (exact) mass is 403 g/mol. The minimum atomic E-state index is -0.241. The second-order valence-electron chi connectivity index (χ2n) is 7.84. The van der Waals surface area contributed by atoms with Crippen LogP contribution in [0, 0.1) is 6.92 Å². The molecule has 0 radical (unpaired) electrons. The Morgan fingerprint density at radius 1 is 1.00 bits per heavy atom. The third-order valence-corrected chi connectivity index (χ3v) is 5.69. The van der Waals surface area contributed by atoms with Gasteiger partial charge in [0.05, 0.1) is 13.2 Å². The van der Waals surface area contributed by atoms with Crippen LogP contribution in [0.2, 0.25) is 0 Å². The van der Waals surface area contributed by atoms with Crippen molar-refractivity contribution in [1.29, 1.82) is 0 Å². The van der Waals surface area contributed by atoms with Crippen LogP contribution >= 0.6 is 0 Å². The number of nitrogens with zero attached hydrogens (tertiary/aromatic N) is 2. The number of morpholine rings is 1. The van der Waals surface area contributed by atoms with E-state index in [1.54, 1.807) is 6.07 Å². The van der Waals surface area contributed by atoms with Gasteiger partial charge in [-0.3, -0.25) is 9.69 Å². The molecule has 1 amide bonds. The Bertz CT molecular complexity index is 1200. The summed E-state index contributed by atoms with van der Waals surface area (Å²) in [6.07, 6.45) is 2.11. The summed E-state index contributed by atoms with van der Waals surface area (Å²) in [6, 6.07) is 15.8. The molecule has 0 aliphatic carbocycles. The summed E-state index contributed by atoms with van der Waals surface area (Å²) in [6.45, 7) is 7.60. The minimum Gasteiger partial charge on any atom is -0.451 e. The molecule has 0 saturated carbocycles. The number of aromatic nitrogens is 1. The van der Waals surface area contributed by atoms with Crippen LogP contribution in [0.15, 0.2) is 59.1 Å². The van der Waals surface area contributed by atoms with Gasteiger partial charge in [0.1, 0.15) is 5.58 Å². The van der Waals surface area contributed by atoms with Gasteiger partial charge >= 0.3 is 0 Å². The maximum Gasteiger partial charge on any atom is 0.291 e. The van der Waals surface area contributed by atoms with Crippen molar-refractivity contribution in [3.8, 4) is 0 Å². The van der Waals surface area contributed by atoms with Crippen LogP contribution in [0.4, 0.5) is 5.69 Å². The van der Waals surface area contributed by atoms with E-state index in [1.165, 1.54) is 5.52 Å². The van der Waals surface area contributed by atoms with Crippen LogP contribution in [0.3, 0.4) is 0 Å². The molecule has 2 aromatic heterocycles. The van der Waals surface area contributed by atoms with E-state index in [0.29, 0.717) is 5.76 Å². The molecule has 2 aromatic carbocycles. The maximum absolute atomic E-state index is 12.7. The lowest BCUT2D eigenvalue weighted by molar-refractivity contribution is 0.0365. The fourth-order valence-corrected chi connectivity index (χ4v) is 4.01. The van der Waals surface area contributed by atoms with Gasteiger partial charge in [-0.2, -0.15) is 0 Å². The number of nitrogens with one attached hydrogen (secondary N) is 1. The van der Waals surface area contributed by atoms with Gasteiger partial charge in [-0.15, -0.1) is 0 Å². The Labute approximate surface area is 175 Å². The molecule has 1 aliphatic heterocycles. The van der Waals surface area contributed by atoms with Crippen molar-refractivity contribution in [2.24, 2.45) is 0 Å². The van der Waals surface area contributed by atoms with Gasteiger partial charge in [-0.25, -0.2) is 0 Å². The van der Waals surface area contributed by atoms with E-state index >= 15 is 0 Å². The van der Waals surface area contributed by atoms with Crippen LogP contribution in [0.1, 0.15) is 16.1 Å². The van der Waals surface area contributed by atoms with Gasteiger partial charge in [0.15, 0.2) is 5.76 Å². The number of benzene rings is 2. The van der Waals surface area contributed by atoms with Gasteiger partial charge < -0.3 is 19.0 Å². The van der Waals surface area contributed by atoms with E-state index in [9.17, 15) is 4.79 Å². The maximum atomic E-state index is 12.7. The highest BCUT2D eigenvalue weighted by molar-refractivity contribution is 6.05. The van der Waals surface area contributed by atoms with Crippen LogP contribution in [0.5, 0.6) is 0 Å². The second kappa shape index (κ2) is 7.97. The molecule has 3 heterocycles. The van der Waals surface area contributed by atoms with Gasteiger partial charge in [-0.1, -0.05) is 11.6 Å². The molecule has 6 nitrogen and oxygen atoms in total. The average Bonchev–Trinajstić information content (AvgIpc) is 3.36. The molecule has 5 rings (SSSR count). The number of furan rings is 1. The van der Waals surface area contributed by atoms with Crippen LogP contribution in [0.25, 0.3) is 21.9 Å². The minimum absolute atomic E-state index is 0.241. The summed E-state index contributed by atoms with van der Waals surface area (Å²) in [4.78, 5) is 15.1. The lowest BCUT2D eigenvalue weighted by Gasteiger charge is -2.26. The Hall–Kier alpha value is -3.09. The standard InChI is InChI=1S/C24H25N3O3/c1-17-2-5-22-19(14-17)16-23(30-22)24(28)25-20-3-4-21-18(15-20)6-7-27(21)9-8-26-10-12-29-13-11-26/h2-7,14-16H,8-13H2,1H3,(H,25,28). The zero-order chi connectivity index (χ0) is 20.5. The fraction of sp³-hybridized carbons (Fsp3) is 0.292. The Kier molecular flexibility index (Phi) is 5.02. The zero-order valence-corrected chi connectivity index (χ0v) is 17.1. The third kappa shape index (κ3) is 3.84. The highest BCUT2D eigenvalue weighted by atomic mass is 16.5. The second-order valence-corrected chi connectivity index (χ2v) is 7.84. The molecule has 6 heteroatoms. The molecule has 0 bridgehead atoms. The SMILES string of the molecule is Cc1ccc2oc(C(=O)Nc3ccc4c(ccn4CCN4CCOCC4)c3)cc2c1. The summed E-state index contributed by atoms with van der Waals surface area (Å²) in [7, 11) is 0. The summed E-state index contributed by atoms with van der Waals surface area (Å²) in [5.41, 5.74) is 3.79. The molecule has 30 heavy (non-hydrogen) atoms. The lowest BCUT2D eigenvalue weighted by Crippen LogP contribution is -2.38. The van der Waals surface area contributed by atoms with E-state index < -0.39 is 0 Å². The van der Waals surface area contributed by atoms with Gasteiger partial charge in [0.25, 0.3) is 5.91 Å². The van der Waals surface area contributed by atoms with Crippen molar-refractivity contribution in [1.82, 2.24) is 9.47 Å². The first kappa shape index (κ1) is 18.9. The van der Waals surface area contributed by atoms with Crippen molar-refractivity contribution < 1.29 is 13.9 Å². The number of aryl methyl sites for hydroxylation is 1. The first-order chi connectivity index (χ1) is 14.7. The molecule has 1 aliphatic rings. The molecule has 1 fully saturated rings. The first-order valence-electron chi connectivity index (χ1n) is 10.4. The number of carbonyl (C=O) groups is 1. The number of hydrogen-bond donors (Lipinski definition) is 1. The molecule has 0 spiro atoms. The molecule has 0 atom stereocenters. The van der Waals surface area contributed by atoms with Crippen molar-refractivity contribution in [2.45, 2.75) is 13.5 Å². The predicted molar refractivity (Wildman–Crippen MR) is 118 cm³/mol. The largest absolute Gasteiger partial charge is 0.451 e. The zero-order valence-electron chi connectivity index (χ0n) is 17.1. The van der Waals surface area contributed by atoms with E-state index in [-0.39, 0.29) is 5.91 Å². The van der Waals surface area contributed by atoms with Gasteiger partial charge in [0.2, 0.25) is 0 Å². The van der Waals surface area contributed by atoms with E-state index in [2.05, 4.69) is 33.1 Å². The highest BCUT2D eigenvalue weighted by Crippen LogP contribution is 2.24. The summed E-state index contributed by atoms with van der Waals surface area (Å²) < 4.78 is 13.4. The molecule has 154 valence electrons. The summed E-state index contributed by atoms with van der Waals surface area (Å²) in [5.74, 6) is 0.0775. The van der Waals surface area contributed by atoms with E-state index in [0.717, 1.165) is 67.0 Å². The quantitative estimate of drug-likeness (QED) is 0.540. The van der Waals surface area contributed by atoms with Gasteiger partial charge in [0, 0.05) is 54.4 Å². The third-order valence-electron chi connectivity index (χ3n) is 5.69. The van der Waals surface area contributed by atoms with Crippen molar-refractivity contribution >= 4 is 33.5 Å². The number of fused-ring (bicyclic) bond motifs is 2. The average molecular weight is 403 g/mol. The fourth-order valence-electron chi connectivity index (χ4n) is 4.01. The molecular formula is C24H25N3O3. The number of amides is 1. The molecule has 0 unspecified atom stereocenters. The van der Waals surface area contributed by atoms with Gasteiger partial charge in [-0.05, 0) is 49.4 Å². The number of rotatable bonds is 5. The normalized spacial score (nSPS) is 15.1. The van der Waals surface area contributed by atoms with Crippen molar-refractivity contribution in [2.75, 3.05) is 38.2 Å². The predicted octanol–water partition coefficient (Wildman–Crippen LogP) is 4.28. The molecule has 4 aromatic rings. The topological polar surface area (TPSA) is 59.6 Å². The summed E-state index contributed by atoms with van der Waals surface area (Å²) >= 11 is 0. The Morgan fingerprint density at radius 3 is 2.73 bits per heavy atom. The highest BCUT2D eigenvalue weighted by Gasteiger charge is 2.14. The van der Waals surface area contributed by atoms with Crippen molar-refractivity contribution in [3.63, 3.8) is 0 Å². The smallest absolute Gasteiger partial charge is 0.291 e. The Morgan fingerprint density at radius 2 is 1.87 bits per heavy atom. The first-order valence-corrected chi connectivity index (χ1v) is 10.4. The van der Waals surface area contributed by atoms with E-state index in [1.807, 2.05) is 37.3 Å². The van der Waals surface area contributed by atoms with Crippen LogP contribution in [-0.4, -0.2) is 48.2 Å². The van der Waals surface area contributed by atoms with Crippen LogP contribution in [-0.2, 0) is 11.3 Å². The Balaban J connectivity index is 1.29. The number of hydrogen-bond acceptors (Lipinski definition) is 4. The number of anilines is 1. The molecule has 1 saturated heterocycles. The summed E-state index contributed by atoms with van der Waals surface area (Å²) in [5, 5.41) is 5.00. The number of carbonyl (C=O) groups excluding carboxylic acids is 1. The molecular weight excluding hydrogens is 378 g/mol. The molecule has 1 N–H and O–H groups in total.